The smallest absolute Gasteiger partial charge is 0.201 e. The Morgan fingerprint density at radius 2 is 1.56 bits per heavy atom. The molecule has 1 aromatic heterocycles. The molecule has 0 aliphatic heterocycles. The zero-order valence-corrected chi connectivity index (χ0v) is 14.5. The molecule has 1 aromatic rings. The van der Waals surface area contributed by atoms with E-state index in [-0.39, 0.29) is 0 Å². The van der Waals surface area contributed by atoms with E-state index in [4.69, 9.17) is 4.42 Å². The highest BCUT2D eigenvalue weighted by molar-refractivity contribution is 9.10. The van der Waals surface area contributed by atoms with Crippen LogP contribution in [0.1, 0.15) is 52.1 Å². The number of nitrogens with zero attached hydrogens (tertiary/aromatic N) is 1. The van der Waals surface area contributed by atoms with E-state index in [1.807, 2.05) is 0 Å². The van der Waals surface area contributed by atoms with Crippen molar-refractivity contribution in [1.29, 1.82) is 0 Å². The third-order valence-electron chi connectivity index (χ3n) is 3.95. The van der Waals surface area contributed by atoms with Crippen LogP contribution < -0.4 is 5.51 Å². The summed E-state index contributed by atoms with van der Waals surface area (Å²) in [5, 5.41) is 0. The standard InChI is InChI=1S/C13H22BrNO2Si/c1-8(2)18(9(3)4,10(5)6)13-15-12(14)11(7-16)17-13/h7-10H,1-6H3. The number of carbonyl (C=O) groups excluding carboxylic acids is 1. The van der Waals surface area contributed by atoms with Gasteiger partial charge in [0.25, 0.3) is 0 Å². The van der Waals surface area contributed by atoms with Crippen molar-refractivity contribution in [3.05, 3.63) is 10.4 Å². The van der Waals surface area contributed by atoms with Gasteiger partial charge in [-0.3, -0.25) is 4.79 Å². The molecule has 102 valence electrons. The van der Waals surface area contributed by atoms with E-state index in [2.05, 4.69) is 62.5 Å². The minimum absolute atomic E-state index is 0.309. The molecule has 0 spiro atoms. The lowest BCUT2D eigenvalue weighted by Crippen LogP contribution is -2.56. The predicted octanol–water partition coefficient (Wildman–Crippen LogP) is 4.14. The number of hydrogen-bond donors (Lipinski definition) is 0. The number of aldehydes is 1. The third-order valence-corrected chi connectivity index (χ3v) is 11.2. The van der Waals surface area contributed by atoms with Gasteiger partial charge in [-0.05, 0) is 32.6 Å². The van der Waals surface area contributed by atoms with Gasteiger partial charge in [0.2, 0.25) is 5.76 Å². The molecule has 0 bridgehead atoms. The summed E-state index contributed by atoms with van der Waals surface area (Å²) in [6.07, 6.45) is 0.723. The SMILES string of the molecule is CC(C)[Si](c1nc(Br)c(C=O)o1)(C(C)C)C(C)C. The van der Waals surface area contributed by atoms with Crippen LogP contribution >= 0.6 is 15.9 Å². The Morgan fingerprint density at radius 3 is 1.83 bits per heavy atom. The van der Waals surface area contributed by atoms with Crippen molar-refractivity contribution in [2.45, 2.75) is 58.2 Å². The van der Waals surface area contributed by atoms with Gasteiger partial charge in [0.15, 0.2) is 24.5 Å². The number of halogens is 1. The fraction of sp³-hybridized carbons (Fsp3) is 0.692. The van der Waals surface area contributed by atoms with Crippen LogP contribution in [0.15, 0.2) is 9.02 Å². The molecule has 0 aliphatic carbocycles. The molecule has 1 heterocycles. The van der Waals surface area contributed by atoms with Crippen LogP contribution in [0.4, 0.5) is 0 Å². The third kappa shape index (κ3) is 2.34. The molecule has 5 heteroatoms. The van der Waals surface area contributed by atoms with E-state index in [0.717, 1.165) is 11.8 Å². The molecule has 0 aliphatic rings. The maximum atomic E-state index is 10.9. The molecule has 0 saturated heterocycles. The van der Waals surface area contributed by atoms with Crippen molar-refractivity contribution in [2.24, 2.45) is 0 Å². The molecular formula is C13H22BrNO2Si. The van der Waals surface area contributed by atoms with Crippen LogP contribution in [0.2, 0.25) is 16.6 Å². The highest BCUT2D eigenvalue weighted by atomic mass is 79.9. The van der Waals surface area contributed by atoms with E-state index < -0.39 is 8.07 Å². The first-order valence-electron chi connectivity index (χ1n) is 6.40. The number of rotatable bonds is 5. The van der Waals surface area contributed by atoms with E-state index in [1.165, 1.54) is 0 Å². The minimum Gasteiger partial charge on any atom is -0.442 e. The molecule has 0 radical (unpaired) electrons. The summed E-state index contributed by atoms with van der Waals surface area (Å²) in [6, 6.07) is 0. The largest absolute Gasteiger partial charge is 0.442 e. The Bertz CT molecular complexity index is 405. The Morgan fingerprint density at radius 1 is 1.11 bits per heavy atom. The molecule has 0 amide bonds. The van der Waals surface area contributed by atoms with Gasteiger partial charge in [0.05, 0.1) is 0 Å². The summed E-state index contributed by atoms with van der Waals surface area (Å²) in [5.41, 5.74) is 2.35. The van der Waals surface area contributed by atoms with Crippen LogP contribution in [0.3, 0.4) is 0 Å². The van der Waals surface area contributed by atoms with Gasteiger partial charge in [0.1, 0.15) is 0 Å². The maximum Gasteiger partial charge on any atom is 0.201 e. The van der Waals surface area contributed by atoms with Gasteiger partial charge in [-0.15, -0.1) is 0 Å². The molecule has 18 heavy (non-hydrogen) atoms. The summed E-state index contributed by atoms with van der Waals surface area (Å²) >= 11 is 3.30. The number of hydrogen-bond acceptors (Lipinski definition) is 3. The quantitative estimate of drug-likeness (QED) is 0.601. The second-order valence-corrected chi connectivity index (χ2v) is 12.2. The first-order chi connectivity index (χ1) is 8.28. The van der Waals surface area contributed by atoms with Crippen molar-refractivity contribution in [3.63, 3.8) is 0 Å². The Balaban J connectivity index is 3.46. The normalized spacial score (nSPS) is 12.8. The predicted molar refractivity (Wildman–Crippen MR) is 80.3 cm³/mol. The van der Waals surface area contributed by atoms with Crippen LogP contribution in [0, 0.1) is 0 Å². The topological polar surface area (TPSA) is 43.1 Å². The summed E-state index contributed by atoms with van der Waals surface area (Å²) in [5.74, 6) is 0.309. The highest BCUT2D eigenvalue weighted by Crippen LogP contribution is 2.41. The monoisotopic (exact) mass is 331 g/mol. The van der Waals surface area contributed by atoms with Crippen molar-refractivity contribution < 1.29 is 9.21 Å². The van der Waals surface area contributed by atoms with Crippen molar-refractivity contribution in [1.82, 2.24) is 4.98 Å². The number of aromatic nitrogens is 1. The maximum absolute atomic E-state index is 10.9. The molecule has 0 saturated carbocycles. The van der Waals surface area contributed by atoms with Gasteiger partial charge < -0.3 is 4.42 Å². The van der Waals surface area contributed by atoms with Crippen molar-refractivity contribution in [2.75, 3.05) is 0 Å². The van der Waals surface area contributed by atoms with E-state index in [0.29, 0.717) is 27.0 Å². The lowest BCUT2D eigenvalue weighted by molar-refractivity contribution is 0.110. The fourth-order valence-electron chi connectivity index (χ4n) is 3.31. The van der Waals surface area contributed by atoms with Gasteiger partial charge in [-0.1, -0.05) is 41.5 Å². The second kappa shape index (κ2) is 5.69. The average molecular weight is 332 g/mol. The Labute approximate surface area is 119 Å². The fourth-order valence-corrected chi connectivity index (χ4v) is 9.89. The zero-order chi connectivity index (χ0) is 14.1. The van der Waals surface area contributed by atoms with Gasteiger partial charge in [-0.25, -0.2) is 4.98 Å². The van der Waals surface area contributed by atoms with Crippen LogP contribution in [-0.4, -0.2) is 19.3 Å². The highest BCUT2D eigenvalue weighted by Gasteiger charge is 2.49. The molecule has 0 atom stereocenters. The summed E-state index contributed by atoms with van der Waals surface area (Å²) in [4.78, 5) is 15.4. The summed E-state index contributed by atoms with van der Waals surface area (Å²) in [6.45, 7) is 13.4. The first kappa shape index (κ1) is 15.6. The van der Waals surface area contributed by atoms with Gasteiger partial charge in [-0.2, -0.15) is 0 Å². The van der Waals surface area contributed by atoms with E-state index in [1.54, 1.807) is 0 Å². The van der Waals surface area contributed by atoms with Crippen LogP contribution in [-0.2, 0) is 0 Å². The zero-order valence-electron chi connectivity index (χ0n) is 12.0. The van der Waals surface area contributed by atoms with Gasteiger partial charge >= 0.3 is 0 Å². The van der Waals surface area contributed by atoms with E-state index in [9.17, 15) is 4.79 Å². The van der Waals surface area contributed by atoms with Gasteiger partial charge in [0, 0.05) is 0 Å². The molecule has 0 N–H and O–H groups in total. The second-order valence-electron chi connectivity index (χ2n) is 5.69. The first-order valence-corrected chi connectivity index (χ1v) is 9.42. The molecule has 0 unspecified atom stereocenters. The summed E-state index contributed by atoms with van der Waals surface area (Å²) < 4.78 is 6.28. The Hall–Kier alpha value is -0.423. The van der Waals surface area contributed by atoms with Crippen molar-refractivity contribution >= 4 is 35.8 Å². The summed E-state index contributed by atoms with van der Waals surface area (Å²) in [7, 11) is -1.90. The number of carbonyl (C=O) groups is 1. The molecule has 3 nitrogen and oxygen atoms in total. The van der Waals surface area contributed by atoms with Crippen LogP contribution in [0.5, 0.6) is 0 Å². The average Bonchev–Trinajstić information content (AvgIpc) is 2.58. The Kier molecular flexibility index (Phi) is 4.95. The molecule has 0 fully saturated rings. The van der Waals surface area contributed by atoms with Crippen molar-refractivity contribution in [3.8, 4) is 0 Å². The number of oxazole rings is 1. The van der Waals surface area contributed by atoms with E-state index >= 15 is 0 Å². The lowest BCUT2D eigenvalue weighted by atomic mass is 10.5. The molecular weight excluding hydrogens is 310 g/mol. The molecule has 0 aromatic carbocycles. The minimum atomic E-state index is -1.90. The molecule has 1 rings (SSSR count). The lowest BCUT2D eigenvalue weighted by Gasteiger charge is -2.39. The van der Waals surface area contributed by atoms with Crippen LogP contribution in [0.25, 0.3) is 0 Å².